The molecule has 0 N–H and O–H groups in total. The van der Waals surface area contributed by atoms with Crippen LogP contribution < -0.4 is 10.2 Å². The fraction of sp³-hybridized carbons (Fsp3) is 0.0588. The first-order chi connectivity index (χ1) is 12.5. The summed E-state index contributed by atoms with van der Waals surface area (Å²) in [6.45, 7) is 0. The normalized spacial score (nSPS) is 11.2. The monoisotopic (exact) mass is 455 g/mol. The maximum Gasteiger partial charge on any atom is 0.206 e. The SMILES string of the molecule is COc1c(F)ccc2oc(-c3ccc(Br)o3)c(-c3cnc(Cl)s3)c(=O)c12. The van der Waals surface area contributed by atoms with Crippen LogP contribution in [-0.4, -0.2) is 12.1 Å². The van der Waals surface area contributed by atoms with E-state index >= 15 is 0 Å². The van der Waals surface area contributed by atoms with Crippen molar-refractivity contribution in [3.63, 3.8) is 0 Å². The van der Waals surface area contributed by atoms with E-state index in [-0.39, 0.29) is 32.5 Å². The minimum atomic E-state index is -0.658. The Kier molecular flexibility index (Phi) is 4.34. The molecule has 9 heteroatoms. The molecule has 0 unspecified atom stereocenters. The highest BCUT2D eigenvalue weighted by molar-refractivity contribution is 9.10. The second-order valence-corrected chi connectivity index (χ2v) is 7.56. The van der Waals surface area contributed by atoms with E-state index in [1.807, 2.05) is 0 Å². The number of aromatic nitrogens is 1. The average molecular weight is 457 g/mol. The van der Waals surface area contributed by atoms with E-state index in [1.54, 1.807) is 12.1 Å². The molecular weight excluding hydrogens is 449 g/mol. The summed E-state index contributed by atoms with van der Waals surface area (Å²) in [5.74, 6) is -0.310. The number of hydrogen-bond acceptors (Lipinski definition) is 6. The standard InChI is InChI=1S/C17H8BrClFNO4S/c1-23-15-7(20)2-3-8-12(15)14(22)13(10-6-21-17(19)26-10)16(25-8)9-4-5-11(18)24-9/h2-6H,1H3. The van der Waals surface area contributed by atoms with Crippen LogP contribution in [-0.2, 0) is 0 Å². The number of nitrogens with zero attached hydrogens (tertiary/aromatic N) is 1. The summed E-state index contributed by atoms with van der Waals surface area (Å²) in [7, 11) is 1.29. The first kappa shape index (κ1) is 17.3. The Morgan fingerprint density at radius 3 is 2.69 bits per heavy atom. The second kappa shape index (κ2) is 6.53. The number of ether oxygens (including phenoxy) is 1. The summed E-state index contributed by atoms with van der Waals surface area (Å²) < 4.78 is 31.4. The van der Waals surface area contributed by atoms with E-state index in [4.69, 9.17) is 25.2 Å². The van der Waals surface area contributed by atoms with Crippen LogP contribution in [0, 0.1) is 5.82 Å². The Morgan fingerprint density at radius 1 is 1.27 bits per heavy atom. The minimum Gasteiger partial charge on any atom is -0.493 e. The van der Waals surface area contributed by atoms with Crippen molar-refractivity contribution in [1.29, 1.82) is 0 Å². The average Bonchev–Trinajstić information content (AvgIpc) is 3.23. The van der Waals surface area contributed by atoms with Crippen molar-refractivity contribution in [2.75, 3.05) is 7.11 Å². The molecule has 4 rings (SSSR count). The van der Waals surface area contributed by atoms with E-state index in [2.05, 4.69) is 20.9 Å². The van der Waals surface area contributed by atoms with E-state index in [0.29, 0.717) is 15.3 Å². The van der Waals surface area contributed by atoms with Crippen LogP contribution in [0.1, 0.15) is 0 Å². The van der Waals surface area contributed by atoms with Crippen LogP contribution in [0.4, 0.5) is 4.39 Å². The molecule has 132 valence electrons. The van der Waals surface area contributed by atoms with Gasteiger partial charge >= 0.3 is 0 Å². The molecule has 0 radical (unpaired) electrons. The number of rotatable bonds is 3. The van der Waals surface area contributed by atoms with E-state index in [1.165, 1.54) is 25.4 Å². The molecule has 0 aliphatic heterocycles. The van der Waals surface area contributed by atoms with Gasteiger partial charge in [0.2, 0.25) is 5.43 Å². The third kappa shape index (κ3) is 2.74. The zero-order valence-electron chi connectivity index (χ0n) is 13.0. The molecule has 0 aliphatic rings. The van der Waals surface area contributed by atoms with Gasteiger partial charge in [-0.15, -0.1) is 11.3 Å². The van der Waals surface area contributed by atoms with Gasteiger partial charge in [0, 0.05) is 6.20 Å². The van der Waals surface area contributed by atoms with Crippen LogP contribution in [0.5, 0.6) is 5.75 Å². The third-order valence-corrected chi connectivity index (χ3v) is 5.25. The molecule has 0 saturated carbocycles. The number of methoxy groups -OCH3 is 1. The highest BCUT2D eigenvalue weighted by atomic mass is 79.9. The van der Waals surface area contributed by atoms with Crippen LogP contribution in [0.15, 0.2) is 48.8 Å². The lowest BCUT2D eigenvalue weighted by molar-refractivity contribution is 0.390. The van der Waals surface area contributed by atoms with Gasteiger partial charge < -0.3 is 13.6 Å². The van der Waals surface area contributed by atoms with Crippen molar-refractivity contribution >= 4 is 49.8 Å². The number of furan rings is 1. The van der Waals surface area contributed by atoms with Gasteiger partial charge in [-0.25, -0.2) is 9.37 Å². The Hall–Kier alpha value is -2.16. The van der Waals surface area contributed by atoms with Crippen LogP contribution in [0.25, 0.3) is 32.9 Å². The van der Waals surface area contributed by atoms with E-state index in [9.17, 15) is 9.18 Å². The van der Waals surface area contributed by atoms with Gasteiger partial charge in [0.1, 0.15) is 11.0 Å². The van der Waals surface area contributed by atoms with Gasteiger partial charge in [0.15, 0.2) is 32.2 Å². The van der Waals surface area contributed by atoms with E-state index in [0.717, 1.165) is 11.3 Å². The van der Waals surface area contributed by atoms with E-state index < -0.39 is 11.2 Å². The number of fused-ring (bicyclic) bond motifs is 1. The van der Waals surface area contributed by atoms with Gasteiger partial charge in [0.25, 0.3) is 0 Å². The van der Waals surface area contributed by atoms with Crippen molar-refractivity contribution in [3.8, 4) is 27.7 Å². The molecule has 0 saturated heterocycles. The Balaban J connectivity index is 2.16. The summed E-state index contributed by atoms with van der Waals surface area (Å²) in [5, 5.41) is 0.00129. The molecule has 1 aromatic carbocycles. The van der Waals surface area contributed by atoms with Crippen molar-refractivity contribution in [2.24, 2.45) is 0 Å². The van der Waals surface area contributed by atoms with Gasteiger partial charge in [0.05, 0.1) is 17.6 Å². The van der Waals surface area contributed by atoms with Gasteiger partial charge in [-0.3, -0.25) is 4.79 Å². The topological polar surface area (TPSA) is 65.5 Å². The summed E-state index contributed by atoms with van der Waals surface area (Å²) in [4.78, 5) is 17.7. The highest BCUT2D eigenvalue weighted by Gasteiger charge is 2.25. The van der Waals surface area contributed by atoms with Crippen LogP contribution >= 0.6 is 38.9 Å². The smallest absolute Gasteiger partial charge is 0.206 e. The molecule has 3 heterocycles. The summed E-state index contributed by atoms with van der Waals surface area (Å²) in [5.41, 5.74) is -0.117. The molecule has 4 aromatic rings. The molecule has 26 heavy (non-hydrogen) atoms. The molecule has 0 spiro atoms. The summed E-state index contributed by atoms with van der Waals surface area (Å²) in [6, 6.07) is 5.88. The minimum absolute atomic E-state index is 0.00129. The number of hydrogen-bond donors (Lipinski definition) is 0. The second-order valence-electron chi connectivity index (χ2n) is 5.17. The molecular formula is C17H8BrClFNO4S. The zero-order chi connectivity index (χ0) is 18.4. The molecule has 3 aromatic heterocycles. The first-order valence-electron chi connectivity index (χ1n) is 7.20. The maximum absolute atomic E-state index is 14.1. The van der Waals surface area contributed by atoms with Gasteiger partial charge in [-0.05, 0) is 40.2 Å². The Labute approximate surface area is 163 Å². The Morgan fingerprint density at radius 2 is 2.08 bits per heavy atom. The van der Waals surface area contributed by atoms with Crippen LogP contribution in [0.2, 0.25) is 4.47 Å². The largest absolute Gasteiger partial charge is 0.493 e. The quantitative estimate of drug-likeness (QED) is 0.393. The summed E-state index contributed by atoms with van der Waals surface area (Å²) in [6.07, 6.45) is 1.46. The lowest BCUT2D eigenvalue weighted by Crippen LogP contribution is -2.09. The molecule has 0 fully saturated rings. The molecule has 0 amide bonds. The van der Waals surface area contributed by atoms with Crippen molar-refractivity contribution in [3.05, 3.63) is 55.6 Å². The Bertz CT molecular complexity index is 1200. The first-order valence-corrected chi connectivity index (χ1v) is 9.19. The zero-order valence-corrected chi connectivity index (χ0v) is 16.2. The van der Waals surface area contributed by atoms with Crippen LogP contribution in [0.3, 0.4) is 0 Å². The number of benzene rings is 1. The predicted octanol–water partition coefficient (Wildman–Crippen LogP) is 5.74. The maximum atomic E-state index is 14.1. The van der Waals surface area contributed by atoms with Gasteiger partial charge in [-0.1, -0.05) is 11.6 Å². The lowest BCUT2D eigenvalue weighted by atomic mass is 10.1. The molecule has 0 aliphatic carbocycles. The van der Waals surface area contributed by atoms with Crippen molar-refractivity contribution < 1.29 is 18.0 Å². The van der Waals surface area contributed by atoms with Crippen molar-refractivity contribution in [2.45, 2.75) is 0 Å². The highest BCUT2D eigenvalue weighted by Crippen LogP contribution is 2.39. The molecule has 0 bridgehead atoms. The fourth-order valence-electron chi connectivity index (χ4n) is 2.63. The van der Waals surface area contributed by atoms with Crippen molar-refractivity contribution in [1.82, 2.24) is 4.98 Å². The third-order valence-electron chi connectivity index (χ3n) is 3.69. The molecule has 0 atom stereocenters. The van der Waals surface area contributed by atoms with Gasteiger partial charge in [-0.2, -0.15) is 0 Å². The predicted molar refractivity (Wildman–Crippen MR) is 101 cm³/mol. The fourth-order valence-corrected chi connectivity index (χ4v) is 3.91. The number of thiazole rings is 1. The lowest BCUT2D eigenvalue weighted by Gasteiger charge is -2.10. The number of halogens is 3. The molecule has 5 nitrogen and oxygen atoms in total. The summed E-state index contributed by atoms with van der Waals surface area (Å²) >= 11 is 10.3.